The molecule has 1 heterocycles. The van der Waals surface area contributed by atoms with Crippen molar-refractivity contribution >= 4 is 0 Å². The van der Waals surface area contributed by atoms with Crippen molar-refractivity contribution in [2.75, 3.05) is 0 Å². The first-order valence-electron chi connectivity index (χ1n) is 5.62. The third kappa shape index (κ3) is 3.96. The van der Waals surface area contributed by atoms with E-state index in [-0.39, 0.29) is 6.10 Å². The second-order valence-electron chi connectivity index (χ2n) is 4.24. The molecule has 0 spiro atoms. The quantitative estimate of drug-likeness (QED) is 0.807. The summed E-state index contributed by atoms with van der Waals surface area (Å²) in [4.78, 5) is 8.37. The number of aliphatic hydroxyl groups is 1. The van der Waals surface area contributed by atoms with E-state index < -0.39 is 0 Å². The summed E-state index contributed by atoms with van der Waals surface area (Å²) in [5.41, 5.74) is 1.98. The lowest BCUT2D eigenvalue weighted by atomic mass is 10.1. The molecule has 84 valence electrons. The molecule has 15 heavy (non-hydrogen) atoms. The Bertz CT molecular complexity index is 299. The largest absolute Gasteiger partial charge is 0.393 e. The maximum Gasteiger partial charge on any atom is 0.115 e. The Morgan fingerprint density at radius 3 is 2.67 bits per heavy atom. The van der Waals surface area contributed by atoms with Crippen LogP contribution in [-0.2, 0) is 6.42 Å². The number of aromatic nitrogens is 2. The smallest absolute Gasteiger partial charge is 0.115 e. The summed E-state index contributed by atoms with van der Waals surface area (Å²) in [6.07, 6.45) is 3.79. The SMILES string of the molecule is CCCC(O)Cc1cc(C(C)C)ncn1. The first-order valence-corrected chi connectivity index (χ1v) is 5.62. The third-order valence-corrected chi connectivity index (χ3v) is 2.40. The van der Waals surface area contributed by atoms with Gasteiger partial charge in [0.05, 0.1) is 6.10 Å². The van der Waals surface area contributed by atoms with Gasteiger partial charge in [0.25, 0.3) is 0 Å². The normalized spacial score (nSPS) is 13.1. The number of aliphatic hydroxyl groups excluding tert-OH is 1. The fourth-order valence-electron chi connectivity index (χ4n) is 1.52. The van der Waals surface area contributed by atoms with Crippen LogP contribution in [0, 0.1) is 0 Å². The number of rotatable bonds is 5. The van der Waals surface area contributed by atoms with Crippen LogP contribution in [-0.4, -0.2) is 21.2 Å². The molecule has 0 fully saturated rings. The standard InChI is InChI=1S/C12H20N2O/c1-4-5-11(15)6-10-7-12(9(2)3)14-8-13-10/h7-9,11,15H,4-6H2,1-3H3. The Labute approximate surface area is 91.6 Å². The molecule has 1 aromatic rings. The van der Waals surface area contributed by atoms with Crippen molar-refractivity contribution in [2.45, 2.75) is 52.1 Å². The molecule has 0 radical (unpaired) electrons. The first-order chi connectivity index (χ1) is 7.13. The van der Waals surface area contributed by atoms with E-state index in [1.165, 1.54) is 0 Å². The van der Waals surface area contributed by atoms with E-state index in [9.17, 15) is 5.11 Å². The van der Waals surface area contributed by atoms with Crippen LogP contribution < -0.4 is 0 Å². The molecule has 0 aromatic carbocycles. The maximum atomic E-state index is 9.67. The first kappa shape index (κ1) is 12.1. The molecule has 1 unspecified atom stereocenters. The Hall–Kier alpha value is -0.960. The molecule has 3 nitrogen and oxygen atoms in total. The highest BCUT2D eigenvalue weighted by Gasteiger charge is 2.07. The maximum absolute atomic E-state index is 9.67. The number of nitrogens with zero attached hydrogens (tertiary/aromatic N) is 2. The zero-order valence-electron chi connectivity index (χ0n) is 9.77. The lowest BCUT2D eigenvalue weighted by Crippen LogP contribution is -2.11. The molecular weight excluding hydrogens is 188 g/mol. The minimum atomic E-state index is -0.273. The van der Waals surface area contributed by atoms with Crippen LogP contribution in [0.4, 0.5) is 0 Å². The van der Waals surface area contributed by atoms with Crippen LogP contribution in [0.25, 0.3) is 0 Å². The van der Waals surface area contributed by atoms with Gasteiger partial charge in [0.15, 0.2) is 0 Å². The molecule has 0 aliphatic rings. The topological polar surface area (TPSA) is 46.0 Å². The summed E-state index contributed by atoms with van der Waals surface area (Å²) in [6.45, 7) is 6.28. The van der Waals surface area contributed by atoms with Crippen molar-refractivity contribution in [3.8, 4) is 0 Å². The van der Waals surface area contributed by atoms with Crippen LogP contribution in [0.1, 0.15) is 50.9 Å². The van der Waals surface area contributed by atoms with Crippen LogP contribution in [0.15, 0.2) is 12.4 Å². The molecule has 0 aliphatic heterocycles. The van der Waals surface area contributed by atoms with Crippen molar-refractivity contribution in [2.24, 2.45) is 0 Å². The zero-order chi connectivity index (χ0) is 11.3. The summed E-state index contributed by atoms with van der Waals surface area (Å²) in [5, 5.41) is 9.67. The molecule has 0 aliphatic carbocycles. The van der Waals surface area contributed by atoms with Gasteiger partial charge in [-0.3, -0.25) is 0 Å². The van der Waals surface area contributed by atoms with E-state index in [0.717, 1.165) is 24.2 Å². The second kappa shape index (κ2) is 5.81. The molecule has 0 saturated carbocycles. The highest BCUT2D eigenvalue weighted by Crippen LogP contribution is 2.12. The number of hydrogen-bond acceptors (Lipinski definition) is 3. The van der Waals surface area contributed by atoms with Gasteiger partial charge in [-0.05, 0) is 18.4 Å². The average Bonchev–Trinajstić information content (AvgIpc) is 2.18. The Kier molecular flexibility index (Phi) is 4.69. The van der Waals surface area contributed by atoms with Gasteiger partial charge in [-0.25, -0.2) is 9.97 Å². The van der Waals surface area contributed by atoms with E-state index >= 15 is 0 Å². The van der Waals surface area contributed by atoms with Gasteiger partial charge in [-0.2, -0.15) is 0 Å². The Morgan fingerprint density at radius 1 is 1.33 bits per heavy atom. The van der Waals surface area contributed by atoms with Gasteiger partial charge in [0, 0.05) is 17.8 Å². The van der Waals surface area contributed by atoms with Gasteiger partial charge < -0.3 is 5.11 Å². The number of hydrogen-bond donors (Lipinski definition) is 1. The van der Waals surface area contributed by atoms with Gasteiger partial charge in [-0.1, -0.05) is 27.2 Å². The minimum absolute atomic E-state index is 0.273. The van der Waals surface area contributed by atoms with Crippen LogP contribution in [0.5, 0.6) is 0 Å². The van der Waals surface area contributed by atoms with Gasteiger partial charge >= 0.3 is 0 Å². The molecule has 0 amide bonds. The third-order valence-electron chi connectivity index (χ3n) is 2.40. The summed E-state index contributed by atoms with van der Waals surface area (Å²) in [7, 11) is 0. The molecule has 1 N–H and O–H groups in total. The second-order valence-corrected chi connectivity index (χ2v) is 4.24. The van der Waals surface area contributed by atoms with Crippen molar-refractivity contribution in [3.05, 3.63) is 23.8 Å². The van der Waals surface area contributed by atoms with Crippen molar-refractivity contribution in [1.29, 1.82) is 0 Å². The average molecular weight is 208 g/mol. The van der Waals surface area contributed by atoms with Crippen molar-refractivity contribution in [1.82, 2.24) is 9.97 Å². The molecule has 1 rings (SSSR count). The zero-order valence-corrected chi connectivity index (χ0v) is 9.77. The molecular formula is C12H20N2O. The summed E-state index contributed by atoms with van der Waals surface area (Å²) in [6, 6.07) is 1.99. The summed E-state index contributed by atoms with van der Waals surface area (Å²) >= 11 is 0. The predicted molar refractivity (Wildman–Crippen MR) is 60.7 cm³/mol. The van der Waals surface area contributed by atoms with Crippen molar-refractivity contribution in [3.63, 3.8) is 0 Å². The van der Waals surface area contributed by atoms with Crippen molar-refractivity contribution < 1.29 is 5.11 Å². The fourth-order valence-corrected chi connectivity index (χ4v) is 1.52. The highest BCUT2D eigenvalue weighted by molar-refractivity contribution is 5.12. The lowest BCUT2D eigenvalue weighted by Gasteiger charge is -2.10. The van der Waals surface area contributed by atoms with Gasteiger partial charge in [0.2, 0.25) is 0 Å². The molecule has 1 aromatic heterocycles. The fraction of sp³-hybridized carbons (Fsp3) is 0.667. The molecule has 3 heteroatoms. The van der Waals surface area contributed by atoms with Gasteiger partial charge in [0.1, 0.15) is 6.33 Å². The van der Waals surface area contributed by atoms with Gasteiger partial charge in [-0.15, -0.1) is 0 Å². The van der Waals surface area contributed by atoms with Crippen LogP contribution in [0.3, 0.4) is 0 Å². The monoisotopic (exact) mass is 208 g/mol. The van der Waals surface area contributed by atoms with E-state index in [0.29, 0.717) is 12.3 Å². The Balaban J connectivity index is 2.65. The lowest BCUT2D eigenvalue weighted by molar-refractivity contribution is 0.162. The summed E-state index contributed by atoms with van der Waals surface area (Å²) in [5.74, 6) is 0.412. The highest BCUT2D eigenvalue weighted by atomic mass is 16.3. The van der Waals surface area contributed by atoms with Crippen LogP contribution >= 0.6 is 0 Å². The molecule has 0 saturated heterocycles. The molecule has 0 bridgehead atoms. The summed E-state index contributed by atoms with van der Waals surface area (Å²) < 4.78 is 0. The van der Waals surface area contributed by atoms with E-state index in [2.05, 4.69) is 30.7 Å². The predicted octanol–water partition coefficient (Wildman–Crippen LogP) is 2.30. The minimum Gasteiger partial charge on any atom is -0.393 e. The van der Waals surface area contributed by atoms with E-state index in [1.807, 2.05) is 6.07 Å². The molecule has 1 atom stereocenters. The van der Waals surface area contributed by atoms with E-state index in [4.69, 9.17) is 0 Å². The van der Waals surface area contributed by atoms with E-state index in [1.54, 1.807) is 6.33 Å². The Morgan fingerprint density at radius 2 is 2.07 bits per heavy atom. The van der Waals surface area contributed by atoms with Crippen LogP contribution in [0.2, 0.25) is 0 Å².